The van der Waals surface area contributed by atoms with Crippen LogP contribution in [-0.2, 0) is 0 Å². The van der Waals surface area contributed by atoms with Crippen LogP contribution in [-0.4, -0.2) is 11.1 Å². The van der Waals surface area contributed by atoms with Gasteiger partial charge in [-0.3, -0.25) is 0 Å². The minimum absolute atomic E-state index is 0.0744. The summed E-state index contributed by atoms with van der Waals surface area (Å²) in [5.41, 5.74) is 2.02. The minimum Gasteiger partial charge on any atom is -0.475 e. The number of hydrogen-bond donors (Lipinski definition) is 2. The monoisotopic (exact) mass is 217 g/mol. The van der Waals surface area contributed by atoms with Crippen LogP contribution < -0.4 is 5.32 Å². The zero-order valence-corrected chi connectivity index (χ0v) is 8.73. The standard InChI is InChI=1S/C12H11NO3/c1-8-2-4-9(5-3-8)13-11-7-6-10(16-11)12(14)15/h2-7,13H,1H3,(H,14,15). The molecule has 16 heavy (non-hydrogen) atoms. The van der Waals surface area contributed by atoms with E-state index in [1.165, 1.54) is 6.07 Å². The van der Waals surface area contributed by atoms with Gasteiger partial charge in [-0.25, -0.2) is 4.79 Å². The highest BCUT2D eigenvalue weighted by Crippen LogP contribution is 2.19. The predicted octanol–water partition coefficient (Wildman–Crippen LogP) is 3.03. The lowest BCUT2D eigenvalue weighted by molar-refractivity contribution is 0.0663. The summed E-state index contributed by atoms with van der Waals surface area (Å²) < 4.78 is 5.07. The van der Waals surface area contributed by atoms with Crippen LogP contribution >= 0.6 is 0 Å². The maximum atomic E-state index is 10.6. The smallest absolute Gasteiger partial charge is 0.371 e. The average Bonchev–Trinajstić information content (AvgIpc) is 2.70. The van der Waals surface area contributed by atoms with Crippen LogP contribution in [0.25, 0.3) is 0 Å². The molecule has 1 aromatic heterocycles. The molecule has 2 rings (SSSR count). The number of benzene rings is 1. The number of anilines is 2. The van der Waals surface area contributed by atoms with Gasteiger partial charge in [-0.2, -0.15) is 0 Å². The van der Waals surface area contributed by atoms with E-state index < -0.39 is 5.97 Å². The lowest BCUT2D eigenvalue weighted by atomic mass is 10.2. The van der Waals surface area contributed by atoms with Crippen LogP contribution in [0.2, 0.25) is 0 Å². The van der Waals surface area contributed by atoms with Gasteiger partial charge in [-0.05, 0) is 25.1 Å². The third-order valence-corrected chi connectivity index (χ3v) is 2.14. The van der Waals surface area contributed by atoms with E-state index in [4.69, 9.17) is 9.52 Å². The SMILES string of the molecule is Cc1ccc(Nc2ccc(C(=O)O)o2)cc1. The van der Waals surface area contributed by atoms with E-state index in [9.17, 15) is 4.79 Å². The Hall–Kier alpha value is -2.23. The van der Waals surface area contributed by atoms with Crippen molar-refractivity contribution in [1.29, 1.82) is 0 Å². The zero-order valence-electron chi connectivity index (χ0n) is 8.73. The van der Waals surface area contributed by atoms with Crippen molar-refractivity contribution in [2.75, 3.05) is 5.32 Å². The summed E-state index contributed by atoms with van der Waals surface area (Å²) in [5.74, 6) is -0.729. The summed E-state index contributed by atoms with van der Waals surface area (Å²) in [7, 11) is 0. The Bertz CT molecular complexity index is 499. The molecular weight excluding hydrogens is 206 g/mol. The Morgan fingerprint density at radius 1 is 1.19 bits per heavy atom. The van der Waals surface area contributed by atoms with Gasteiger partial charge in [-0.15, -0.1) is 0 Å². The molecule has 0 aliphatic carbocycles. The molecule has 0 radical (unpaired) electrons. The van der Waals surface area contributed by atoms with Gasteiger partial charge in [0.25, 0.3) is 0 Å². The van der Waals surface area contributed by atoms with E-state index in [-0.39, 0.29) is 5.76 Å². The average molecular weight is 217 g/mol. The molecule has 0 fully saturated rings. The number of aryl methyl sites for hydroxylation is 1. The van der Waals surface area contributed by atoms with Crippen LogP contribution in [0.15, 0.2) is 40.8 Å². The van der Waals surface area contributed by atoms with Gasteiger partial charge in [0.15, 0.2) is 5.88 Å². The van der Waals surface area contributed by atoms with Crippen molar-refractivity contribution in [2.45, 2.75) is 6.92 Å². The summed E-state index contributed by atoms with van der Waals surface area (Å²) in [6.45, 7) is 2.00. The highest BCUT2D eigenvalue weighted by molar-refractivity contribution is 5.85. The van der Waals surface area contributed by atoms with Crippen molar-refractivity contribution >= 4 is 17.5 Å². The Kier molecular flexibility index (Phi) is 2.64. The van der Waals surface area contributed by atoms with Gasteiger partial charge in [-0.1, -0.05) is 17.7 Å². The molecule has 4 heteroatoms. The molecule has 2 aromatic rings. The van der Waals surface area contributed by atoms with Gasteiger partial charge in [0.1, 0.15) is 0 Å². The summed E-state index contributed by atoms with van der Waals surface area (Å²) in [6, 6.07) is 10.7. The number of furan rings is 1. The van der Waals surface area contributed by atoms with E-state index in [1.807, 2.05) is 31.2 Å². The fourth-order valence-electron chi connectivity index (χ4n) is 1.30. The normalized spacial score (nSPS) is 10.1. The number of nitrogens with one attached hydrogen (secondary N) is 1. The largest absolute Gasteiger partial charge is 0.475 e. The number of hydrogen-bond acceptors (Lipinski definition) is 3. The van der Waals surface area contributed by atoms with E-state index in [2.05, 4.69) is 5.32 Å². The molecule has 0 unspecified atom stereocenters. The van der Waals surface area contributed by atoms with Gasteiger partial charge >= 0.3 is 5.97 Å². The number of aromatic carboxylic acids is 1. The Morgan fingerprint density at radius 2 is 1.88 bits per heavy atom. The lowest BCUT2D eigenvalue weighted by Gasteiger charge is -2.02. The summed E-state index contributed by atoms with van der Waals surface area (Å²) in [4.78, 5) is 10.6. The van der Waals surface area contributed by atoms with E-state index in [0.29, 0.717) is 5.88 Å². The van der Waals surface area contributed by atoms with Crippen LogP contribution in [0.1, 0.15) is 16.1 Å². The molecule has 2 N–H and O–H groups in total. The molecule has 0 saturated heterocycles. The van der Waals surface area contributed by atoms with Crippen molar-refractivity contribution in [3.8, 4) is 0 Å². The Morgan fingerprint density at radius 3 is 2.44 bits per heavy atom. The Labute approximate surface area is 92.5 Å². The molecule has 1 heterocycles. The van der Waals surface area contributed by atoms with Crippen LogP contribution in [0, 0.1) is 6.92 Å². The summed E-state index contributed by atoms with van der Waals surface area (Å²) >= 11 is 0. The van der Waals surface area contributed by atoms with Crippen molar-refractivity contribution in [2.24, 2.45) is 0 Å². The third kappa shape index (κ3) is 2.23. The fourth-order valence-corrected chi connectivity index (χ4v) is 1.30. The molecule has 0 spiro atoms. The van der Waals surface area contributed by atoms with Crippen LogP contribution in [0.5, 0.6) is 0 Å². The maximum absolute atomic E-state index is 10.6. The van der Waals surface area contributed by atoms with E-state index in [1.54, 1.807) is 6.07 Å². The molecule has 0 atom stereocenters. The topological polar surface area (TPSA) is 62.5 Å². The van der Waals surface area contributed by atoms with Crippen molar-refractivity contribution < 1.29 is 14.3 Å². The highest BCUT2D eigenvalue weighted by Gasteiger charge is 2.08. The van der Waals surface area contributed by atoms with Crippen molar-refractivity contribution in [3.05, 3.63) is 47.7 Å². The molecule has 0 aliphatic heterocycles. The molecule has 0 aliphatic rings. The molecule has 82 valence electrons. The molecule has 0 bridgehead atoms. The minimum atomic E-state index is -1.07. The maximum Gasteiger partial charge on any atom is 0.371 e. The van der Waals surface area contributed by atoms with Gasteiger partial charge in [0.2, 0.25) is 5.76 Å². The summed E-state index contributed by atoms with van der Waals surface area (Å²) in [6.07, 6.45) is 0. The Balaban J connectivity index is 2.14. The fraction of sp³-hybridized carbons (Fsp3) is 0.0833. The lowest BCUT2D eigenvalue weighted by Crippen LogP contribution is -1.92. The van der Waals surface area contributed by atoms with Crippen molar-refractivity contribution in [3.63, 3.8) is 0 Å². The quantitative estimate of drug-likeness (QED) is 0.829. The van der Waals surface area contributed by atoms with Crippen LogP contribution in [0.4, 0.5) is 11.6 Å². The summed E-state index contributed by atoms with van der Waals surface area (Å²) in [5, 5.41) is 11.7. The van der Waals surface area contributed by atoms with Gasteiger partial charge in [0.05, 0.1) is 0 Å². The molecule has 0 amide bonds. The first-order valence-electron chi connectivity index (χ1n) is 4.82. The molecular formula is C12H11NO3. The van der Waals surface area contributed by atoms with Crippen molar-refractivity contribution in [1.82, 2.24) is 0 Å². The number of carboxylic acids is 1. The van der Waals surface area contributed by atoms with E-state index >= 15 is 0 Å². The highest BCUT2D eigenvalue weighted by atomic mass is 16.4. The predicted molar refractivity (Wildman–Crippen MR) is 60.1 cm³/mol. The third-order valence-electron chi connectivity index (χ3n) is 2.14. The number of carbonyl (C=O) groups is 1. The first-order chi connectivity index (χ1) is 7.65. The second-order valence-corrected chi connectivity index (χ2v) is 3.46. The van der Waals surface area contributed by atoms with E-state index in [0.717, 1.165) is 11.3 Å². The van der Waals surface area contributed by atoms with Crippen LogP contribution in [0.3, 0.4) is 0 Å². The molecule has 1 aromatic carbocycles. The first kappa shape index (κ1) is 10.3. The second-order valence-electron chi connectivity index (χ2n) is 3.46. The zero-order chi connectivity index (χ0) is 11.5. The van der Waals surface area contributed by atoms with Gasteiger partial charge in [0, 0.05) is 11.8 Å². The number of rotatable bonds is 3. The second kappa shape index (κ2) is 4.10. The molecule has 4 nitrogen and oxygen atoms in total. The van der Waals surface area contributed by atoms with Gasteiger partial charge < -0.3 is 14.8 Å². The number of carboxylic acid groups (broad SMARTS) is 1. The molecule has 0 saturated carbocycles. The first-order valence-corrected chi connectivity index (χ1v) is 4.82.